The van der Waals surface area contributed by atoms with Crippen molar-refractivity contribution >= 4 is 22.6 Å². The minimum Gasteiger partial charge on any atom is -0.370 e. The van der Waals surface area contributed by atoms with Gasteiger partial charge in [0.15, 0.2) is 0 Å². The molecule has 6 heteroatoms. The van der Waals surface area contributed by atoms with Crippen molar-refractivity contribution in [2.75, 3.05) is 25.5 Å². The van der Waals surface area contributed by atoms with Gasteiger partial charge in [-0.15, -0.1) is 0 Å². The lowest BCUT2D eigenvalue weighted by molar-refractivity contribution is 0.0787. The van der Waals surface area contributed by atoms with Gasteiger partial charge in [0.05, 0.1) is 0 Å². The van der Waals surface area contributed by atoms with E-state index in [2.05, 4.69) is 45.5 Å². The molecule has 0 atom stereocenters. The highest BCUT2D eigenvalue weighted by molar-refractivity contribution is 5.92. The number of aromatic nitrogens is 3. The van der Waals surface area contributed by atoms with Crippen molar-refractivity contribution in [2.24, 2.45) is 0 Å². The molecule has 0 radical (unpaired) electrons. The molecule has 2 N–H and O–H groups in total. The van der Waals surface area contributed by atoms with Crippen LogP contribution in [0.4, 0.5) is 5.82 Å². The van der Waals surface area contributed by atoms with E-state index in [0.717, 1.165) is 37.9 Å². The van der Waals surface area contributed by atoms with E-state index in [1.54, 1.807) is 11.0 Å². The molecule has 2 heterocycles. The zero-order chi connectivity index (χ0) is 19.2. The molecule has 0 unspecified atom stereocenters. The minimum absolute atomic E-state index is 0.0615. The van der Waals surface area contributed by atoms with Crippen molar-refractivity contribution in [2.45, 2.75) is 33.1 Å². The Morgan fingerprint density at radius 2 is 2.07 bits per heavy atom. The molecule has 1 aromatic carbocycles. The first-order valence-corrected chi connectivity index (χ1v) is 9.48. The molecule has 1 amide bonds. The molecule has 0 saturated carbocycles. The lowest BCUT2D eigenvalue weighted by atomic mass is 10.1. The predicted octanol–water partition coefficient (Wildman–Crippen LogP) is 3.79. The Morgan fingerprint density at radius 3 is 2.89 bits per heavy atom. The van der Waals surface area contributed by atoms with E-state index in [4.69, 9.17) is 0 Å². The monoisotopic (exact) mass is 365 g/mol. The second kappa shape index (κ2) is 8.66. The summed E-state index contributed by atoms with van der Waals surface area (Å²) in [6.07, 6.45) is 4.96. The van der Waals surface area contributed by atoms with Crippen LogP contribution in [-0.2, 0) is 6.42 Å². The molecule has 0 spiro atoms. The maximum atomic E-state index is 12.6. The number of rotatable bonds is 8. The van der Waals surface area contributed by atoms with Crippen molar-refractivity contribution in [3.63, 3.8) is 0 Å². The molecule has 0 aliphatic heterocycles. The summed E-state index contributed by atoms with van der Waals surface area (Å²) in [6, 6.07) is 10.0. The number of nitrogens with one attached hydrogen (secondary N) is 2. The molecule has 6 nitrogen and oxygen atoms in total. The van der Waals surface area contributed by atoms with E-state index in [1.165, 1.54) is 10.9 Å². The maximum absolute atomic E-state index is 12.6. The Labute approximate surface area is 160 Å². The summed E-state index contributed by atoms with van der Waals surface area (Å²) in [5.74, 6) is 1.22. The molecule has 142 valence electrons. The number of amides is 1. The van der Waals surface area contributed by atoms with E-state index in [9.17, 15) is 4.79 Å². The first-order valence-electron chi connectivity index (χ1n) is 9.48. The summed E-state index contributed by atoms with van der Waals surface area (Å²) in [6.45, 7) is 5.40. The van der Waals surface area contributed by atoms with Crippen molar-refractivity contribution in [1.82, 2.24) is 19.9 Å². The fourth-order valence-electron chi connectivity index (χ4n) is 3.12. The predicted molar refractivity (Wildman–Crippen MR) is 109 cm³/mol. The number of para-hydroxylation sites is 1. The number of aryl methyl sites for hydroxylation is 1. The zero-order valence-corrected chi connectivity index (χ0v) is 16.2. The molecule has 0 fully saturated rings. The molecule has 2 aromatic heterocycles. The highest BCUT2D eigenvalue weighted by Crippen LogP contribution is 2.18. The van der Waals surface area contributed by atoms with Gasteiger partial charge in [-0.2, -0.15) is 0 Å². The number of unbranched alkanes of at least 4 members (excludes halogenated alkanes) is 1. The average Bonchev–Trinajstić information content (AvgIpc) is 3.08. The summed E-state index contributed by atoms with van der Waals surface area (Å²) in [7, 11) is 1.82. The number of carbonyl (C=O) groups is 1. The van der Waals surface area contributed by atoms with E-state index in [1.807, 2.05) is 26.1 Å². The summed E-state index contributed by atoms with van der Waals surface area (Å²) in [5.41, 5.74) is 2.85. The van der Waals surface area contributed by atoms with Gasteiger partial charge >= 0.3 is 0 Å². The van der Waals surface area contributed by atoms with Gasteiger partial charge in [0.25, 0.3) is 5.91 Å². The summed E-state index contributed by atoms with van der Waals surface area (Å²) < 4.78 is 0. The van der Waals surface area contributed by atoms with Crippen LogP contribution in [0.2, 0.25) is 0 Å². The topological polar surface area (TPSA) is 73.9 Å². The Bertz CT molecular complexity index is 918. The van der Waals surface area contributed by atoms with Gasteiger partial charge < -0.3 is 15.2 Å². The molecular weight excluding hydrogens is 338 g/mol. The van der Waals surface area contributed by atoms with Crippen LogP contribution < -0.4 is 5.32 Å². The second-order valence-electron chi connectivity index (χ2n) is 6.80. The SMILES string of the molecule is CCCCN(C)C(=O)c1cc(NCCc2c[nH]c3ccccc23)nc(C)n1. The zero-order valence-electron chi connectivity index (χ0n) is 16.2. The minimum atomic E-state index is -0.0615. The highest BCUT2D eigenvalue weighted by atomic mass is 16.2. The first-order chi connectivity index (χ1) is 13.1. The highest BCUT2D eigenvalue weighted by Gasteiger charge is 2.15. The number of nitrogens with zero attached hydrogens (tertiary/aromatic N) is 3. The van der Waals surface area contributed by atoms with E-state index >= 15 is 0 Å². The smallest absolute Gasteiger partial charge is 0.272 e. The molecule has 3 rings (SSSR count). The van der Waals surface area contributed by atoms with Gasteiger partial charge in [-0.3, -0.25) is 4.79 Å². The number of anilines is 1. The molecule has 3 aromatic rings. The van der Waals surface area contributed by atoms with Gasteiger partial charge in [0.2, 0.25) is 0 Å². The van der Waals surface area contributed by atoms with E-state index < -0.39 is 0 Å². The van der Waals surface area contributed by atoms with Crippen LogP contribution >= 0.6 is 0 Å². The number of fused-ring (bicyclic) bond motifs is 1. The van der Waals surface area contributed by atoms with Gasteiger partial charge in [0.1, 0.15) is 17.3 Å². The maximum Gasteiger partial charge on any atom is 0.272 e. The lowest BCUT2D eigenvalue weighted by Gasteiger charge is -2.17. The Hall–Kier alpha value is -2.89. The summed E-state index contributed by atoms with van der Waals surface area (Å²) >= 11 is 0. The lowest BCUT2D eigenvalue weighted by Crippen LogP contribution is -2.29. The number of aromatic amines is 1. The van der Waals surface area contributed by atoms with Crippen LogP contribution in [-0.4, -0.2) is 45.9 Å². The molecular formula is C21H27N5O. The third-order valence-corrected chi connectivity index (χ3v) is 4.63. The van der Waals surface area contributed by atoms with Crippen molar-refractivity contribution in [3.05, 3.63) is 53.6 Å². The van der Waals surface area contributed by atoms with Crippen LogP contribution in [0.3, 0.4) is 0 Å². The van der Waals surface area contributed by atoms with Crippen LogP contribution in [0.15, 0.2) is 36.5 Å². The summed E-state index contributed by atoms with van der Waals surface area (Å²) in [5, 5.41) is 4.57. The number of carbonyl (C=O) groups excluding carboxylic acids is 1. The van der Waals surface area contributed by atoms with Crippen molar-refractivity contribution < 1.29 is 4.79 Å². The Kier molecular flexibility index (Phi) is 6.06. The fourth-order valence-corrected chi connectivity index (χ4v) is 3.12. The van der Waals surface area contributed by atoms with Crippen molar-refractivity contribution in [1.29, 1.82) is 0 Å². The third-order valence-electron chi connectivity index (χ3n) is 4.63. The molecule has 0 saturated heterocycles. The van der Waals surface area contributed by atoms with Crippen LogP contribution in [0, 0.1) is 6.92 Å². The van der Waals surface area contributed by atoms with E-state index in [0.29, 0.717) is 17.3 Å². The second-order valence-corrected chi connectivity index (χ2v) is 6.80. The Morgan fingerprint density at radius 1 is 1.26 bits per heavy atom. The van der Waals surface area contributed by atoms with Crippen LogP contribution in [0.1, 0.15) is 41.6 Å². The number of benzene rings is 1. The van der Waals surface area contributed by atoms with Gasteiger partial charge in [-0.25, -0.2) is 9.97 Å². The summed E-state index contributed by atoms with van der Waals surface area (Å²) in [4.78, 5) is 26.3. The van der Waals surface area contributed by atoms with Crippen LogP contribution in [0.25, 0.3) is 10.9 Å². The standard InChI is InChI=1S/C21H27N5O/c1-4-5-12-26(3)21(27)19-13-20(25-15(2)24-19)22-11-10-16-14-23-18-9-7-6-8-17(16)18/h6-9,13-14,23H,4-5,10-12H2,1-3H3,(H,22,24,25). The average molecular weight is 365 g/mol. The van der Waals surface area contributed by atoms with Gasteiger partial charge in [-0.1, -0.05) is 31.5 Å². The Balaban J connectivity index is 1.65. The van der Waals surface area contributed by atoms with Crippen LogP contribution in [0.5, 0.6) is 0 Å². The fraction of sp³-hybridized carbons (Fsp3) is 0.381. The first kappa shape index (κ1) is 18.9. The van der Waals surface area contributed by atoms with Crippen molar-refractivity contribution in [3.8, 4) is 0 Å². The molecule has 0 aliphatic rings. The quantitative estimate of drug-likeness (QED) is 0.637. The molecule has 0 bridgehead atoms. The van der Waals surface area contributed by atoms with Gasteiger partial charge in [-0.05, 0) is 31.4 Å². The third kappa shape index (κ3) is 4.64. The number of hydrogen-bond acceptors (Lipinski definition) is 4. The number of H-pyrrole nitrogens is 1. The largest absolute Gasteiger partial charge is 0.370 e. The number of hydrogen-bond donors (Lipinski definition) is 2. The normalized spacial score (nSPS) is 10.9. The molecule has 0 aliphatic carbocycles. The van der Waals surface area contributed by atoms with Gasteiger partial charge in [0, 0.05) is 43.3 Å². The molecule has 27 heavy (non-hydrogen) atoms. The van der Waals surface area contributed by atoms with E-state index in [-0.39, 0.29) is 5.91 Å².